The van der Waals surface area contributed by atoms with Crippen LogP contribution in [0.4, 0.5) is 10.5 Å². The number of benzene rings is 4. The summed E-state index contributed by atoms with van der Waals surface area (Å²) in [5, 5.41) is 8.45. The molecule has 0 bridgehead atoms. The monoisotopic (exact) mass is 1120 g/mol. The number of rotatable bonds is 22. The van der Waals surface area contributed by atoms with Gasteiger partial charge in [0.15, 0.2) is 37.3 Å². The first-order valence-corrected chi connectivity index (χ1v) is 27.4. The van der Waals surface area contributed by atoms with E-state index in [2.05, 4.69) is 16.0 Å². The van der Waals surface area contributed by atoms with Gasteiger partial charge in [-0.3, -0.25) is 28.8 Å². The SMILES string of the molecule is COC(=O)[C@H]1O[C@@H](Oc2ccc(C[n+]3cccc(/C=C/C(=O)NCCCCC4CCN(C(=O)c5ccccc5)CC4)c3)cc2NC(=O)CCNC(=O)OCC2c3ccccc3-c3ccccc32)[C@H](OC(C)=O)[C@@H](OC(C)=O)[C@@H]1OC(C)=O. The fourth-order valence-electron chi connectivity index (χ4n) is 10.5. The van der Waals surface area contributed by atoms with Crippen molar-refractivity contribution in [3.63, 3.8) is 0 Å². The molecule has 2 fully saturated rings. The first-order valence-electron chi connectivity index (χ1n) is 27.4. The second-order valence-corrected chi connectivity index (χ2v) is 20.2. The number of fused-ring (bicyclic) bond motifs is 3. The number of anilines is 1. The Labute approximate surface area is 475 Å². The van der Waals surface area contributed by atoms with Crippen molar-refractivity contribution in [3.05, 3.63) is 155 Å². The van der Waals surface area contributed by atoms with Crippen molar-refractivity contribution < 1.29 is 76.1 Å². The summed E-state index contributed by atoms with van der Waals surface area (Å²) in [6, 6.07) is 33.7. The van der Waals surface area contributed by atoms with Crippen LogP contribution in [0.15, 0.2) is 128 Å². The van der Waals surface area contributed by atoms with Crippen LogP contribution in [-0.4, -0.2) is 123 Å². The van der Waals surface area contributed by atoms with Crippen LogP contribution in [0, 0.1) is 5.92 Å². The van der Waals surface area contributed by atoms with Crippen LogP contribution < -0.4 is 25.3 Å². The van der Waals surface area contributed by atoms with E-state index in [1.165, 1.54) is 12.1 Å². The van der Waals surface area contributed by atoms with Gasteiger partial charge in [0.1, 0.15) is 12.4 Å². The molecule has 4 aromatic carbocycles. The van der Waals surface area contributed by atoms with Crippen LogP contribution in [0.2, 0.25) is 0 Å². The van der Waals surface area contributed by atoms with Gasteiger partial charge in [0.25, 0.3) is 5.91 Å². The Morgan fingerprint density at radius 3 is 2.06 bits per heavy atom. The van der Waals surface area contributed by atoms with Crippen LogP contribution in [0.5, 0.6) is 5.75 Å². The Kier molecular flexibility index (Phi) is 20.6. The van der Waals surface area contributed by atoms with E-state index in [9.17, 15) is 38.4 Å². The highest BCUT2D eigenvalue weighted by Gasteiger charge is 2.56. The summed E-state index contributed by atoms with van der Waals surface area (Å²) in [7, 11) is 1.07. The Morgan fingerprint density at radius 2 is 1.38 bits per heavy atom. The van der Waals surface area contributed by atoms with E-state index < -0.39 is 66.6 Å². The quantitative estimate of drug-likeness (QED) is 0.0212. The van der Waals surface area contributed by atoms with E-state index in [1.807, 2.05) is 113 Å². The number of hydrogen-bond acceptors (Lipinski definition) is 15. The zero-order valence-corrected chi connectivity index (χ0v) is 46.2. The lowest BCUT2D eigenvalue weighted by Crippen LogP contribution is -2.64. The minimum atomic E-state index is -1.75. The molecule has 0 saturated carbocycles. The maximum absolute atomic E-state index is 13.8. The smallest absolute Gasteiger partial charge is 0.407 e. The molecule has 8 rings (SSSR count). The number of hydrogen-bond donors (Lipinski definition) is 3. The molecule has 0 spiro atoms. The van der Waals surface area contributed by atoms with Crippen molar-refractivity contribution in [1.29, 1.82) is 0 Å². The molecule has 5 aromatic rings. The predicted octanol–water partition coefficient (Wildman–Crippen LogP) is 6.81. The van der Waals surface area contributed by atoms with Gasteiger partial charge in [-0.1, -0.05) is 79.6 Å². The van der Waals surface area contributed by atoms with Gasteiger partial charge in [-0.15, -0.1) is 0 Å². The molecule has 0 unspecified atom stereocenters. The fourth-order valence-corrected chi connectivity index (χ4v) is 10.5. The fraction of sp³-hybridized carbons (Fsp3) is 0.371. The van der Waals surface area contributed by atoms with Crippen molar-refractivity contribution in [1.82, 2.24) is 15.5 Å². The lowest BCUT2D eigenvalue weighted by atomic mass is 9.91. The number of ether oxygens (including phenoxy) is 7. The molecule has 20 heteroatoms. The number of esters is 4. The third kappa shape index (κ3) is 15.9. The Hall–Kier alpha value is -8.91. The van der Waals surface area contributed by atoms with Crippen LogP contribution in [0.3, 0.4) is 0 Å². The minimum Gasteiger partial charge on any atom is -0.467 e. The average molecular weight is 1120 g/mol. The van der Waals surface area contributed by atoms with Crippen LogP contribution in [0.25, 0.3) is 17.2 Å². The summed E-state index contributed by atoms with van der Waals surface area (Å²) in [5.41, 5.74) is 6.43. The lowest BCUT2D eigenvalue weighted by molar-refractivity contribution is -0.688. The van der Waals surface area contributed by atoms with Gasteiger partial charge in [0.05, 0.1) is 12.8 Å². The molecular formula is C62H68N5O15+. The zero-order chi connectivity index (χ0) is 58.1. The van der Waals surface area contributed by atoms with Crippen molar-refractivity contribution in [2.24, 2.45) is 5.92 Å². The second kappa shape index (κ2) is 28.5. The van der Waals surface area contributed by atoms with Crippen LogP contribution >= 0.6 is 0 Å². The molecule has 3 aliphatic rings. The van der Waals surface area contributed by atoms with Crippen molar-refractivity contribution in [2.75, 3.05) is 45.2 Å². The van der Waals surface area contributed by atoms with Crippen LogP contribution in [0.1, 0.15) is 97.8 Å². The van der Waals surface area contributed by atoms with Crippen LogP contribution in [-0.2, 0) is 63.7 Å². The number of unbranched alkanes of at least 4 members (excludes halogenated alkanes) is 1. The predicted molar refractivity (Wildman–Crippen MR) is 297 cm³/mol. The minimum absolute atomic E-state index is 0.0508. The Bertz CT molecular complexity index is 3100. The molecule has 5 atom stereocenters. The van der Waals surface area contributed by atoms with E-state index >= 15 is 0 Å². The van der Waals surface area contributed by atoms with Crippen molar-refractivity contribution >= 4 is 59.5 Å². The molecule has 430 valence electrons. The number of carbonyl (C=O) groups is 8. The van der Waals surface area contributed by atoms with Gasteiger partial charge in [0, 0.05) is 88.1 Å². The summed E-state index contributed by atoms with van der Waals surface area (Å²) < 4.78 is 41.3. The van der Waals surface area contributed by atoms with Gasteiger partial charge in [-0.2, -0.15) is 0 Å². The third-order valence-corrected chi connectivity index (χ3v) is 14.3. The molecule has 4 amide bonds. The van der Waals surface area contributed by atoms with Gasteiger partial charge < -0.3 is 54.0 Å². The first-order chi connectivity index (χ1) is 39.6. The van der Waals surface area contributed by atoms with E-state index in [4.69, 9.17) is 33.2 Å². The molecule has 1 aromatic heterocycles. The molecule has 1 aliphatic carbocycles. The number of aromatic nitrogens is 1. The summed E-state index contributed by atoms with van der Waals surface area (Å²) >= 11 is 0. The molecule has 20 nitrogen and oxygen atoms in total. The molecule has 3 heterocycles. The zero-order valence-electron chi connectivity index (χ0n) is 46.2. The highest BCUT2D eigenvalue weighted by atomic mass is 16.7. The molecule has 0 radical (unpaired) electrons. The topological polar surface area (TPSA) is 244 Å². The van der Waals surface area contributed by atoms with E-state index in [0.717, 1.165) is 101 Å². The van der Waals surface area contributed by atoms with E-state index in [-0.39, 0.29) is 55.3 Å². The summed E-state index contributed by atoms with van der Waals surface area (Å²) in [6.07, 6.45) is 2.27. The average Bonchev–Trinajstić information content (AvgIpc) is 3.91. The lowest BCUT2D eigenvalue weighted by Gasteiger charge is -2.43. The maximum Gasteiger partial charge on any atom is 0.407 e. The summed E-state index contributed by atoms with van der Waals surface area (Å²) in [5.74, 6) is -4.04. The van der Waals surface area contributed by atoms with Gasteiger partial charge in [-0.05, 0) is 89.9 Å². The number of methoxy groups -OCH3 is 1. The molecule has 3 N–H and O–H groups in total. The molecule has 82 heavy (non-hydrogen) atoms. The van der Waals surface area contributed by atoms with Crippen molar-refractivity contribution in [2.45, 2.75) is 102 Å². The van der Waals surface area contributed by atoms with Crippen molar-refractivity contribution in [3.8, 4) is 16.9 Å². The first kappa shape index (κ1) is 59.2. The highest BCUT2D eigenvalue weighted by molar-refractivity contribution is 5.94. The number of carbonyl (C=O) groups excluding carboxylic acids is 8. The Balaban J connectivity index is 0.911. The number of pyridine rings is 1. The number of nitrogens with zero attached hydrogens (tertiary/aromatic N) is 2. The maximum atomic E-state index is 13.8. The van der Waals surface area contributed by atoms with Gasteiger partial charge >= 0.3 is 30.0 Å². The summed E-state index contributed by atoms with van der Waals surface area (Å²) in [4.78, 5) is 105. The summed E-state index contributed by atoms with van der Waals surface area (Å²) in [6.45, 7) is 5.44. The Morgan fingerprint density at radius 1 is 0.720 bits per heavy atom. The number of alkyl carbamates (subject to hydrolysis) is 1. The normalized spacial score (nSPS) is 18.5. The molecule has 2 aliphatic heterocycles. The second-order valence-electron chi connectivity index (χ2n) is 20.2. The molecule has 2 saturated heterocycles. The number of nitrogens with one attached hydrogen (secondary N) is 3. The number of likely N-dealkylation sites (tertiary alicyclic amines) is 1. The number of amides is 4. The van der Waals surface area contributed by atoms with E-state index in [0.29, 0.717) is 23.6 Å². The van der Waals surface area contributed by atoms with Gasteiger partial charge in [-0.25, -0.2) is 14.2 Å². The highest BCUT2D eigenvalue weighted by Crippen LogP contribution is 2.44. The number of piperidine rings is 1. The largest absolute Gasteiger partial charge is 0.467 e. The van der Waals surface area contributed by atoms with E-state index in [1.54, 1.807) is 18.2 Å². The van der Waals surface area contributed by atoms with Gasteiger partial charge in [0.2, 0.25) is 24.2 Å². The standard InChI is InChI=1S/C62H67N5O15/c1-39(68)78-55-56(79-40(2)69)58(80-41(3)70)61(82-57(55)60(74)76-4)81-52-25-23-44(35-51(52)65-54(72)27-31-64-62(75)77-38-50-48-21-10-8-19-46(48)47-20-9-11-22-49(47)50)37-66-32-14-16-43(36-66)24-26-53(71)63-30-13-12-15-42-28-33-67(34-29-42)59(73)45-17-6-5-7-18-45/h5-11,14,16-26,32,35-36,42,50,55-58,61H,12-13,15,27-31,33-34,37-38H2,1-4H3,(H2-,63,64,65,71,72,75)/p+1/b26-24+/t55-,56-,57-,58+,61+/m0/s1. The third-order valence-electron chi connectivity index (χ3n) is 14.3. The molecular weight excluding hydrogens is 1050 g/mol.